The first-order chi connectivity index (χ1) is 9.15. The van der Waals surface area contributed by atoms with Crippen LogP contribution < -0.4 is 5.35 Å². The highest BCUT2D eigenvalue weighted by Crippen LogP contribution is 2.38. The van der Waals surface area contributed by atoms with E-state index in [9.17, 15) is 0 Å². The third-order valence-electron chi connectivity index (χ3n) is 4.76. The second-order valence-corrected chi connectivity index (χ2v) is 6.18. The molecular formula is C17H16ClN. The highest BCUT2D eigenvalue weighted by Gasteiger charge is 2.31. The van der Waals surface area contributed by atoms with Gasteiger partial charge in [0.25, 0.3) is 0 Å². The zero-order valence-electron chi connectivity index (χ0n) is 11.2. The third-order valence-corrected chi connectivity index (χ3v) is 5.09. The van der Waals surface area contributed by atoms with Crippen molar-refractivity contribution in [1.29, 1.82) is 0 Å². The number of fused-ring (bicyclic) bond motifs is 3. The van der Waals surface area contributed by atoms with E-state index in [0.717, 1.165) is 17.9 Å². The molecule has 2 aromatic carbocycles. The molecule has 0 aliphatic carbocycles. The van der Waals surface area contributed by atoms with Gasteiger partial charge in [-0.2, -0.15) is 0 Å². The second kappa shape index (κ2) is 3.55. The zero-order valence-corrected chi connectivity index (χ0v) is 12.0. The first-order valence-corrected chi connectivity index (χ1v) is 7.25. The molecule has 1 aliphatic rings. The van der Waals surface area contributed by atoms with E-state index in [1.807, 2.05) is 6.07 Å². The van der Waals surface area contributed by atoms with Gasteiger partial charge in [0.15, 0.2) is 0 Å². The largest absolute Gasteiger partial charge is 0.334 e. The summed E-state index contributed by atoms with van der Waals surface area (Å²) < 4.78 is 2.51. The van der Waals surface area contributed by atoms with Crippen LogP contribution in [-0.2, 0) is 5.54 Å². The van der Waals surface area contributed by atoms with Crippen molar-refractivity contribution in [3.8, 4) is 0 Å². The number of hydrogen-bond acceptors (Lipinski definition) is 0. The highest BCUT2D eigenvalue weighted by molar-refractivity contribution is 6.37. The number of aromatic nitrogens is 1. The summed E-state index contributed by atoms with van der Waals surface area (Å²) in [6.45, 7) is 4.62. The Morgan fingerprint density at radius 3 is 2.79 bits per heavy atom. The Kier molecular flexibility index (Phi) is 2.12. The van der Waals surface area contributed by atoms with E-state index >= 15 is 0 Å². The fraction of sp³-hybridized carbons (Fsp3) is 0.294. The van der Waals surface area contributed by atoms with Crippen molar-refractivity contribution in [3.63, 3.8) is 0 Å². The molecule has 0 spiro atoms. The maximum absolute atomic E-state index is 6.35. The van der Waals surface area contributed by atoms with E-state index in [0.29, 0.717) is 0 Å². The lowest BCUT2D eigenvalue weighted by Crippen LogP contribution is -2.30. The van der Waals surface area contributed by atoms with E-state index in [4.69, 9.17) is 11.6 Å². The SMILES string of the molecule is CCC1(C)CC=c2c3cccc4c(Cl)ccc(c43)n21. The molecule has 96 valence electrons. The molecule has 3 aromatic rings. The molecule has 19 heavy (non-hydrogen) atoms. The molecule has 0 N–H and O–H groups in total. The van der Waals surface area contributed by atoms with Crippen LogP contribution in [0.25, 0.3) is 27.8 Å². The Morgan fingerprint density at radius 2 is 2.00 bits per heavy atom. The highest BCUT2D eigenvalue weighted by atomic mass is 35.5. The predicted octanol–water partition coefficient (Wildman–Crippen LogP) is 4.48. The Labute approximate surface area is 117 Å². The summed E-state index contributed by atoms with van der Waals surface area (Å²) in [5.41, 5.74) is 1.53. The summed E-state index contributed by atoms with van der Waals surface area (Å²) >= 11 is 6.35. The Bertz CT molecular complexity index is 859. The standard InChI is InChI=1S/C17H16ClN/c1-3-17(2)10-9-14-12-6-4-5-11-13(18)7-8-15(16(11)12)19(14)17/h4-9H,3,10H2,1-2H3. The topological polar surface area (TPSA) is 4.93 Å². The minimum Gasteiger partial charge on any atom is -0.334 e. The maximum atomic E-state index is 6.35. The van der Waals surface area contributed by atoms with Gasteiger partial charge >= 0.3 is 0 Å². The van der Waals surface area contributed by atoms with E-state index in [1.54, 1.807) is 0 Å². The lowest BCUT2D eigenvalue weighted by molar-refractivity contribution is 0.338. The molecule has 1 atom stereocenters. The van der Waals surface area contributed by atoms with Gasteiger partial charge < -0.3 is 4.57 Å². The molecule has 1 aromatic heterocycles. The van der Waals surface area contributed by atoms with Gasteiger partial charge in [0.2, 0.25) is 0 Å². The van der Waals surface area contributed by atoms with Crippen LogP contribution in [0.15, 0.2) is 30.3 Å². The summed E-state index contributed by atoms with van der Waals surface area (Å²) in [5, 5.41) is 6.05. The fourth-order valence-corrected chi connectivity index (χ4v) is 3.72. The van der Waals surface area contributed by atoms with Crippen LogP contribution in [0.5, 0.6) is 0 Å². The van der Waals surface area contributed by atoms with Crippen molar-refractivity contribution in [1.82, 2.24) is 4.57 Å². The van der Waals surface area contributed by atoms with Gasteiger partial charge in [-0.25, -0.2) is 0 Å². The van der Waals surface area contributed by atoms with Crippen molar-refractivity contribution >= 4 is 39.4 Å². The molecule has 0 fully saturated rings. The maximum Gasteiger partial charge on any atom is 0.0503 e. The van der Waals surface area contributed by atoms with Crippen LogP contribution in [0.1, 0.15) is 26.7 Å². The van der Waals surface area contributed by atoms with Crippen molar-refractivity contribution in [2.45, 2.75) is 32.2 Å². The van der Waals surface area contributed by atoms with Gasteiger partial charge in [-0.1, -0.05) is 42.8 Å². The Balaban J connectivity index is 2.31. The number of benzene rings is 2. The summed E-state index contributed by atoms with van der Waals surface area (Å²) in [6, 6.07) is 10.7. The van der Waals surface area contributed by atoms with Gasteiger partial charge in [-0.3, -0.25) is 0 Å². The van der Waals surface area contributed by atoms with Crippen LogP contribution in [0.2, 0.25) is 5.02 Å². The normalized spacial score (nSPS) is 22.1. The number of nitrogens with zero attached hydrogens (tertiary/aromatic N) is 1. The average Bonchev–Trinajstić information content (AvgIpc) is 2.94. The Morgan fingerprint density at radius 1 is 1.21 bits per heavy atom. The summed E-state index contributed by atoms with van der Waals surface area (Å²) in [6.07, 6.45) is 4.65. The summed E-state index contributed by atoms with van der Waals surface area (Å²) in [5.74, 6) is 0. The average molecular weight is 270 g/mol. The third kappa shape index (κ3) is 1.26. The molecule has 1 aliphatic heterocycles. The van der Waals surface area contributed by atoms with Gasteiger partial charge in [-0.15, -0.1) is 0 Å². The molecule has 1 unspecified atom stereocenters. The molecule has 2 heteroatoms. The fourth-order valence-electron chi connectivity index (χ4n) is 3.50. The second-order valence-electron chi connectivity index (χ2n) is 5.77. The van der Waals surface area contributed by atoms with Crippen LogP contribution in [0, 0.1) is 0 Å². The first-order valence-electron chi connectivity index (χ1n) is 6.88. The minimum atomic E-state index is 0.203. The lowest BCUT2D eigenvalue weighted by Gasteiger charge is -2.27. The van der Waals surface area contributed by atoms with Crippen LogP contribution in [0.3, 0.4) is 0 Å². The molecule has 0 radical (unpaired) electrons. The quantitative estimate of drug-likeness (QED) is 0.614. The first kappa shape index (κ1) is 11.4. The molecule has 4 rings (SSSR count). The van der Waals surface area contributed by atoms with Crippen molar-refractivity contribution in [2.24, 2.45) is 0 Å². The van der Waals surface area contributed by atoms with E-state index < -0.39 is 0 Å². The van der Waals surface area contributed by atoms with E-state index in [2.05, 4.69) is 48.8 Å². The van der Waals surface area contributed by atoms with Crippen molar-refractivity contribution in [3.05, 3.63) is 40.7 Å². The van der Waals surface area contributed by atoms with Gasteiger partial charge in [-0.05, 0) is 31.9 Å². The predicted molar refractivity (Wildman–Crippen MR) is 82.7 cm³/mol. The van der Waals surface area contributed by atoms with Gasteiger partial charge in [0.1, 0.15) is 0 Å². The van der Waals surface area contributed by atoms with Crippen LogP contribution in [0.4, 0.5) is 0 Å². The monoisotopic (exact) mass is 269 g/mol. The summed E-state index contributed by atoms with van der Waals surface area (Å²) in [7, 11) is 0. The molecule has 0 amide bonds. The molecule has 0 saturated heterocycles. The van der Waals surface area contributed by atoms with Gasteiger partial charge in [0, 0.05) is 32.1 Å². The van der Waals surface area contributed by atoms with Crippen LogP contribution in [-0.4, -0.2) is 4.57 Å². The molecular weight excluding hydrogens is 254 g/mol. The smallest absolute Gasteiger partial charge is 0.0503 e. The van der Waals surface area contributed by atoms with Crippen molar-refractivity contribution < 1.29 is 0 Å². The summed E-state index contributed by atoms with van der Waals surface area (Å²) in [4.78, 5) is 0. The molecule has 0 bridgehead atoms. The zero-order chi connectivity index (χ0) is 13.2. The molecule has 0 saturated carbocycles. The number of hydrogen-bond donors (Lipinski definition) is 0. The molecule has 2 heterocycles. The van der Waals surface area contributed by atoms with Gasteiger partial charge in [0.05, 0.1) is 5.52 Å². The minimum absolute atomic E-state index is 0.203. The number of rotatable bonds is 1. The van der Waals surface area contributed by atoms with Crippen LogP contribution >= 0.6 is 11.6 Å². The number of halogens is 1. The lowest BCUT2D eigenvalue weighted by atomic mass is 9.95. The Hall–Kier alpha value is -1.47. The molecule has 1 nitrogen and oxygen atoms in total. The van der Waals surface area contributed by atoms with Crippen molar-refractivity contribution in [2.75, 3.05) is 0 Å². The van der Waals surface area contributed by atoms with E-state index in [1.165, 1.54) is 27.0 Å². The van der Waals surface area contributed by atoms with E-state index in [-0.39, 0.29) is 5.54 Å².